The van der Waals surface area contributed by atoms with Crippen molar-refractivity contribution in [2.75, 3.05) is 6.54 Å². The first-order chi connectivity index (χ1) is 22.2. The molecule has 46 heavy (non-hydrogen) atoms. The molecule has 2 aromatic rings. The van der Waals surface area contributed by atoms with Crippen LogP contribution in [0.25, 0.3) is 10.9 Å². The Kier molecular flexibility index (Phi) is 11.9. The Morgan fingerprint density at radius 2 is 1.74 bits per heavy atom. The molecule has 1 aliphatic carbocycles. The molecule has 1 aliphatic heterocycles. The number of allylic oxidation sites excluding steroid dienone is 1. The summed E-state index contributed by atoms with van der Waals surface area (Å²) < 4.78 is 28.4. The third-order valence-electron chi connectivity index (χ3n) is 8.78. The number of aromatic nitrogens is 1. The third kappa shape index (κ3) is 8.51. The number of nitrogens with one attached hydrogen (secondary N) is 5. The van der Waals surface area contributed by atoms with Crippen LogP contribution in [0.1, 0.15) is 62.9 Å². The van der Waals surface area contributed by atoms with Gasteiger partial charge in [-0.05, 0) is 62.5 Å². The lowest BCUT2D eigenvalue weighted by Crippen LogP contribution is -2.49. The maximum Gasteiger partial charge on any atom is 0.268 e. The number of H-pyrrole nitrogens is 1. The van der Waals surface area contributed by atoms with Crippen molar-refractivity contribution in [3.8, 4) is 0 Å². The Morgan fingerprint density at radius 1 is 0.978 bits per heavy atom. The molecule has 1 saturated carbocycles. The van der Waals surface area contributed by atoms with Crippen LogP contribution in [0.4, 0.5) is 8.78 Å². The van der Waals surface area contributed by atoms with Crippen LogP contribution >= 0.6 is 0 Å². The quantitative estimate of drug-likeness (QED) is 0.199. The summed E-state index contributed by atoms with van der Waals surface area (Å²) in [6, 6.07) is 6.51. The number of fused-ring (bicyclic) bond motifs is 1. The van der Waals surface area contributed by atoms with Crippen molar-refractivity contribution in [3.05, 3.63) is 59.2 Å². The number of aromatic amines is 1. The fourth-order valence-corrected chi connectivity index (χ4v) is 6.30. The summed E-state index contributed by atoms with van der Waals surface area (Å²) >= 11 is 0. The van der Waals surface area contributed by atoms with E-state index < -0.39 is 36.4 Å². The SMILES string of the molecule is CC(C)C(NC(=O)c1cc2ccccc2[nH]1)C(=C=O)NC(CC1CCC(F)C(F)C1)C(=C=O)NC(C=C=O)C[C@@H]1CCNC1=C=O. The molecule has 1 aromatic carbocycles. The number of hydrogen-bond acceptors (Lipinski definition) is 8. The zero-order chi connectivity index (χ0) is 33.2. The molecule has 1 saturated heterocycles. The summed E-state index contributed by atoms with van der Waals surface area (Å²) in [6.07, 6.45) is -0.742. The highest BCUT2D eigenvalue weighted by atomic mass is 19.2. The minimum atomic E-state index is -1.66. The molecule has 12 heteroatoms. The van der Waals surface area contributed by atoms with Crippen LogP contribution in [0.3, 0.4) is 0 Å². The molecule has 2 fully saturated rings. The number of carbonyl (C=O) groups is 1. The second kappa shape index (κ2) is 16.0. The topological polar surface area (TPSA) is 149 Å². The van der Waals surface area contributed by atoms with Crippen LogP contribution in [0.5, 0.6) is 0 Å². The minimum Gasteiger partial charge on any atom is -0.379 e. The molecule has 6 unspecified atom stereocenters. The van der Waals surface area contributed by atoms with Gasteiger partial charge in [-0.1, -0.05) is 32.0 Å². The Bertz CT molecular complexity index is 1560. The van der Waals surface area contributed by atoms with Crippen molar-refractivity contribution < 1.29 is 32.8 Å². The summed E-state index contributed by atoms with van der Waals surface area (Å²) in [5.41, 5.74) is 1.31. The van der Waals surface area contributed by atoms with E-state index in [9.17, 15) is 32.8 Å². The molecule has 1 amide bonds. The first-order valence-corrected chi connectivity index (χ1v) is 15.6. The van der Waals surface area contributed by atoms with Crippen molar-refractivity contribution in [2.45, 2.75) is 82.8 Å². The molecule has 0 bridgehead atoms. The van der Waals surface area contributed by atoms with Gasteiger partial charge >= 0.3 is 0 Å². The first kappa shape index (κ1) is 34.2. The van der Waals surface area contributed by atoms with Crippen LogP contribution in [-0.4, -0.2) is 71.7 Å². The van der Waals surface area contributed by atoms with Gasteiger partial charge < -0.3 is 26.3 Å². The monoisotopic (exact) mass is 635 g/mol. The third-order valence-corrected chi connectivity index (χ3v) is 8.78. The highest BCUT2D eigenvalue weighted by Gasteiger charge is 2.35. The van der Waals surface area contributed by atoms with Crippen molar-refractivity contribution >= 4 is 40.6 Å². The average Bonchev–Trinajstić information content (AvgIpc) is 3.69. The summed E-state index contributed by atoms with van der Waals surface area (Å²) in [6.45, 7) is 4.16. The highest BCUT2D eigenvalue weighted by Crippen LogP contribution is 2.33. The lowest BCUT2D eigenvalue weighted by molar-refractivity contribution is 0.0843. The maximum atomic E-state index is 14.4. The minimum absolute atomic E-state index is 0.0175. The lowest BCUT2D eigenvalue weighted by Gasteiger charge is -2.33. The zero-order valence-electron chi connectivity index (χ0n) is 25.8. The molecule has 5 N–H and O–H groups in total. The smallest absolute Gasteiger partial charge is 0.268 e. The molecule has 244 valence electrons. The summed E-state index contributed by atoms with van der Waals surface area (Å²) in [4.78, 5) is 64.0. The first-order valence-electron chi connectivity index (χ1n) is 15.6. The van der Waals surface area contributed by atoms with E-state index in [-0.39, 0.29) is 60.5 Å². The highest BCUT2D eigenvalue weighted by molar-refractivity contribution is 5.98. The van der Waals surface area contributed by atoms with Gasteiger partial charge in [0.1, 0.15) is 53.2 Å². The molecule has 10 nitrogen and oxygen atoms in total. The van der Waals surface area contributed by atoms with Crippen molar-refractivity contribution in [2.24, 2.45) is 17.8 Å². The van der Waals surface area contributed by atoms with Crippen LogP contribution in [0, 0.1) is 17.8 Å². The molecule has 0 spiro atoms. The van der Waals surface area contributed by atoms with Crippen molar-refractivity contribution in [1.29, 1.82) is 0 Å². The maximum absolute atomic E-state index is 14.4. The van der Waals surface area contributed by atoms with Gasteiger partial charge in [-0.15, -0.1) is 0 Å². The van der Waals surface area contributed by atoms with Crippen LogP contribution in [0.15, 0.2) is 53.5 Å². The van der Waals surface area contributed by atoms with E-state index in [0.29, 0.717) is 25.1 Å². The number of rotatable bonds is 14. The predicted molar refractivity (Wildman–Crippen MR) is 169 cm³/mol. The largest absolute Gasteiger partial charge is 0.379 e. The normalized spacial score (nSPS) is 22.7. The number of benzene rings is 1. The molecule has 2 aliphatic rings. The number of halogens is 2. The van der Waals surface area contributed by atoms with E-state index in [4.69, 9.17) is 0 Å². The van der Waals surface area contributed by atoms with Gasteiger partial charge in [-0.3, -0.25) is 4.79 Å². The van der Waals surface area contributed by atoms with Crippen LogP contribution < -0.4 is 21.3 Å². The average molecular weight is 636 g/mol. The molecular formula is C34H39F2N5O5. The van der Waals surface area contributed by atoms with Crippen molar-refractivity contribution in [1.82, 2.24) is 26.3 Å². The summed E-state index contributed by atoms with van der Waals surface area (Å²) in [7, 11) is 0. The fraction of sp³-hybridized carbons (Fsp3) is 0.500. The van der Waals surface area contributed by atoms with Gasteiger partial charge in [0, 0.05) is 29.4 Å². The van der Waals surface area contributed by atoms with Crippen molar-refractivity contribution in [3.63, 3.8) is 0 Å². The Labute approximate surface area is 265 Å². The molecule has 1 aromatic heterocycles. The molecular weight excluding hydrogens is 596 g/mol. The lowest BCUT2D eigenvalue weighted by atomic mass is 9.82. The zero-order valence-corrected chi connectivity index (χ0v) is 25.8. The van der Waals surface area contributed by atoms with Gasteiger partial charge in [0.2, 0.25) is 0 Å². The summed E-state index contributed by atoms with van der Waals surface area (Å²) in [5, 5.41) is 12.7. The molecule has 2 heterocycles. The van der Waals surface area contributed by atoms with E-state index in [0.717, 1.165) is 10.9 Å². The number of amides is 1. The Hall–Kier alpha value is -4.71. The van der Waals surface area contributed by atoms with Crippen LogP contribution in [0.2, 0.25) is 0 Å². The summed E-state index contributed by atoms with van der Waals surface area (Å²) in [5.74, 6) is 5.99. The van der Waals surface area contributed by atoms with E-state index in [1.54, 1.807) is 25.9 Å². The number of hydrogen-bond donors (Lipinski definition) is 5. The van der Waals surface area contributed by atoms with Gasteiger partial charge in [0.25, 0.3) is 5.91 Å². The molecule has 0 radical (unpaired) electrons. The second-order valence-electron chi connectivity index (χ2n) is 12.3. The fourth-order valence-electron chi connectivity index (χ4n) is 6.30. The van der Waals surface area contributed by atoms with E-state index in [1.165, 1.54) is 6.08 Å². The van der Waals surface area contributed by atoms with Gasteiger partial charge in [-0.2, -0.15) is 0 Å². The van der Waals surface area contributed by atoms with E-state index >= 15 is 0 Å². The number of alkyl halides is 2. The van der Waals surface area contributed by atoms with Gasteiger partial charge in [0.05, 0.1) is 23.8 Å². The number of para-hydroxylation sites is 1. The molecule has 7 atom stereocenters. The standard InChI is InChI=1S/C34H39F2N5O5/c1-20(2)33(41-34(46)29-16-22-5-3-4-6-27(22)39-29)32(19-45)40-28(14-21-7-8-25(35)26(36)13-21)31(18-44)38-24(10-12-42)15-23-9-11-37-30(23)17-43/h3-6,10,16,20-21,23-26,28,33,37-40H,7-9,11,13-15H2,1-2H3,(H,41,46)/t21?,23-,24?,25?,26?,28?,33?/m0/s1. The van der Waals surface area contributed by atoms with Gasteiger partial charge in [0.15, 0.2) is 0 Å². The number of carbonyl (C=O) groups excluding carboxylic acids is 5. The predicted octanol–water partition coefficient (Wildman–Crippen LogP) is 3.24. The van der Waals surface area contributed by atoms with E-state index in [1.807, 2.05) is 42.1 Å². The Morgan fingerprint density at radius 3 is 2.39 bits per heavy atom. The molecule has 4 rings (SSSR count). The van der Waals surface area contributed by atoms with E-state index in [2.05, 4.69) is 26.3 Å². The Balaban J connectivity index is 1.59. The second-order valence-corrected chi connectivity index (χ2v) is 12.3. The van der Waals surface area contributed by atoms with Crippen LogP contribution in [-0.2, 0) is 19.2 Å². The van der Waals surface area contributed by atoms with Gasteiger partial charge in [-0.25, -0.2) is 28.0 Å².